The Labute approximate surface area is 205 Å². The number of amides is 1. The summed E-state index contributed by atoms with van der Waals surface area (Å²) in [6.45, 7) is 4.00. The molecule has 0 saturated heterocycles. The van der Waals surface area contributed by atoms with Gasteiger partial charge in [-0.3, -0.25) is 9.10 Å². The molecule has 174 valence electrons. The monoisotopic (exact) mass is 502 g/mol. The quantitative estimate of drug-likeness (QED) is 0.295. The van der Waals surface area contributed by atoms with Crippen molar-refractivity contribution in [3.63, 3.8) is 0 Å². The second kappa shape index (κ2) is 11.6. The molecule has 0 fully saturated rings. The molecule has 1 N–H and O–H groups in total. The van der Waals surface area contributed by atoms with Crippen LogP contribution in [0.4, 0.5) is 5.69 Å². The van der Waals surface area contributed by atoms with Crippen LogP contribution < -0.4 is 9.62 Å². The van der Waals surface area contributed by atoms with Gasteiger partial charge in [-0.25, -0.2) is 8.42 Å². The molecule has 0 spiro atoms. The third-order valence-electron chi connectivity index (χ3n) is 4.94. The number of carbonyl (C=O) groups excluding carboxylic acids is 1. The Kier molecular flexibility index (Phi) is 8.83. The number of halogens is 1. The van der Waals surface area contributed by atoms with Crippen LogP contribution in [-0.2, 0) is 14.8 Å². The molecule has 1 amide bonds. The Hall–Kier alpha value is -2.48. The predicted molar refractivity (Wildman–Crippen MR) is 137 cm³/mol. The second-order valence-corrected chi connectivity index (χ2v) is 11.1. The lowest BCUT2D eigenvalue weighted by Gasteiger charge is -2.24. The average molecular weight is 503 g/mol. The largest absolute Gasteiger partial charge is 0.354 e. The van der Waals surface area contributed by atoms with Gasteiger partial charge in [0.15, 0.2) is 0 Å². The summed E-state index contributed by atoms with van der Waals surface area (Å²) in [5.41, 5.74) is 2.42. The molecule has 3 aromatic carbocycles. The van der Waals surface area contributed by atoms with Crippen LogP contribution in [0.3, 0.4) is 0 Å². The SMILES string of the molecule is Cc1ccc(N(CC(=O)NCCCSc2ccc(Cl)cc2)S(=O)(=O)c2ccc(C)cc2)cc1. The number of nitrogens with zero attached hydrogens (tertiary/aromatic N) is 1. The van der Waals surface area contributed by atoms with Crippen LogP contribution in [0.25, 0.3) is 0 Å². The Morgan fingerprint density at radius 1 is 0.909 bits per heavy atom. The van der Waals surface area contributed by atoms with Crippen LogP contribution in [0.1, 0.15) is 17.5 Å². The Balaban J connectivity index is 1.63. The normalized spacial score (nSPS) is 11.2. The molecule has 5 nitrogen and oxygen atoms in total. The zero-order chi connectivity index (χ0) is 23.8. The Morgan fingerprint density at radius 2 is 1.48 bits per heavy atom. The maximum atomic E-state index is 13.4. The summed E-state index contributed by atoms with van der Waals surface area (Å²) in [6, 6.07) is 21.3. The van der Waals surface area contributed by atoms with Crippen LogP contribution in [0.15, 0.2) is 82.6 Å². The van der Waals surface area contributed by atoms with E-state index in [0.29, 0.717) is 17.3 Å². The molecule has 0 saturated carbocycles. The molecule has 0 aliphatic heterocycles. The molecule has 0 aliphatic carbocycles. The van der Waals surface area contributed by atoms with Gasteiger partial charge in [0.05, 0.1) is 10.6 Å². The molecule has 0 radical (unpaired) electrons. The molecule has 0 unspecified atom stereocenters. The minimum atomic E-state index is -3.90. The summed E-state index contributed by atoms with van der Waals surface area (Å²) in [7, 11) is -3.90. The molecule has 0 aliphatic rings. The summed E-state index contributed by atoms with van der Waals surface area (Å²) in [5.74, 6) is 0.480. The molecular formula is C25H27ClN2O3S2. The average Bonchev–Trinajstić information content (AvgIpc) is 2.79. The maximum absolute atomic E-state index is 13.4. The van der Waals surface area contributed by atoms with Crippen molar-refractivity contribution in [2.45, 2.75) is 30.1 Å². The standard InChI is InChI=1S/C25H27ClN2O3S2/c1-19-4-10-22(11-5-19)28(33(30,31)24-14-6-20(2)7-15-24)18-25(29)27-16-3-17-32-23-12-8-21(26)9-13-23/h4-15H,3,16-18H2,1-2H3,(H,27,29). The fourth-order valence-electron chi connectivity index (χ4n) is 3.07. The minimum absolute atomic E-state index is 0.154. The third kappa shape index (κ3) is 7.25. The van der Waals surface area contributed by atoms with Crippen LogP contribution in [0.5, 0.6) is 0 Å². The van der Waals surface area contributed by atoms with Gasteiger partial charge in [-0.1, -0.05) is 47.0 Å². The fourth-order valence-corrected chi connectivity index (χ4v) is 5.47. The van der Waals surface area contributed by atoms with Crippen LogP contribution in [0.2, 0.25) is 5.02 Å². The Morgan fingerprint density at radius 3 is 2.09 bits per heavy atom. The molecule has 0 bridgehead atoms. The van der Waals surface area contributed by atoms with E-state index in [9.17, 15) is 13.2 Å². The highest BCUT2D eigenvalue weighted by Gasteiger charge is 2.27. The lowest BCUT2D eigenvalue weighted by atomic mass is 10.2. The molecule has 3 aromatic rings. The van der Waals surface area contributed by atoms with Crippen molar-refractivity contribution in [1.29, 1.82) is 0 Å². The van der Waals surface area contributed by atoms with Gasteiger partial charge in [-0.15, -0.1) is 11.8 Å². The number of thioether (sulfide) groups is 1. The van der Waals surface area contributed by atoms with Crippen molar-refractivity contribution in [2.24, 2.45) is 0 Å². The highest BCUT2D eigenvalue weighted by atomic mass is 35.5. The van der Waals surface area contributed by atoms with Gasteiger partial charge in [0.25, 0.3) is 10.0 Å². The minimum Gasteiger partial charge on any atom is -0.354 e. The van der Waals surface area contributed by atoms with Crippen molar-refractivity contribution >= 4 is 45.0 Å². The van der Waals surface area contributed by atoms with E-state index < -0.39 is 10.0 Å². The lowest BCUT2D eigenvalue weighted by molar-refractivity contribution is -0.119. The van der Waals surface area contributed by atoms with Crippen LogP contribution >= 0.6 is 23.4 Å². The summed E-state index contributed by atoms with van der Waals surface area (Å²) in [6.07, 6.45) is 0.758. The molecule has 33 heavy (non-hydrogen) atoms. The van der Waals surface area contributed by atoms with Crippen molar-refractivity contribution in [3.8, 4) is 0 Å². The highest BCUT2D eigenvalue weighted by molar-refractivity contribution is 7.99. The summed E-state index contributed by atoms with van der Waals surface area (Å²) >= 11 is 7.58. The van der Waals surface area contributed by atoms with E-state index in [1.54, 1.807) is 48.2 Å². The smallest absolute Gasteiger partial charge is 0.264 e. The van der Waals surface area contributed by atoms with E-state index in [4.69, 9.17) is 11.6 Å². The van der Waals surface area contributed by atoms with E-state index in [1.165, 1.54) is 0 Å². The van der Waals surface area contributed by atoms with Gasteiger partial charge >= 0.3 is 0 Å². The highest BCUT2D eigenvalue weighted by Crippen LogP contribution is 2.24. The summed E-state index contributed by atoms with van der Waals surface area (Å²) < 4.78 is 27.9. The lowest BCUT2D eigenvalue weighted by Crippen LogP contribution is -2.41. The molecule has 0 aromatic heterocycles. The number of sulfonamides is 1. The van der Waals surface area contributed by atoms with Crippen LogP contribution in [-0.4, -0.2) is 33.2 Å². The number of carbonyl (C=O) groups is 1. The summed E-state index contributed by atoms with van der Waals surface area (Å²) in [4.78, 5) is 13.9. The second-order valence-electron chi connectivity index (χ2n) is 7.67. The zero-order valence-electron chi connectivity index (χ0n) is 18.6. The van der Waals surface area contributed by atoms with Gasteiger partial charge in [-0.2, -0.15) is 0 Å². The number of rotatable bonds is 10. The van der Waals surface area contributed by atoms with E-state index >= 15 is 0 Å². The van der Waals surface area contributed by atoms with Crippen LogP contribution in [0, 0.1) is 13.8 Å². The van der Waals surface area contributed by atoms with Gasteiger partial charge in [0, 0.05) is 16.5 Å². The third-order valence-corrected chi connectivity index (χ3v) is 8.08. The first-order chi connectivity index (χ1) is 15.8. The van der Waals surface area contributed by atoms with Gasteiger partial charge in [0.1, 0.15) is 6.54 Å². The first kappa shape index (κ1) is 25.1. The predicted octanol–water partition coefficient (Wildman–Crippen LogP) is 5.45. The zero-order valence-corrected chi connectivity index (χ0v) is 21.0. The van der Waals surface area contributed by atoms with Gasteiger partial charge in [-0.05, 0) is 74.6 Å². The van der Waals surface area contributed by atoms with E-state index in [1.807, 2.05) is 50.2 Å². The molecule has 3 rings (SSSR count). The number of benzene rings is 3. The van der Waals surface area contributed by atoms with Crippen molar-refractivity contribution in [1.82, 2.24) is 5.32 Å². The van der Waals surface area contributed by atoms with E-state index in [2.05, 4.69) is 5.32 Å². The van der Waals surface area contributed by atoms with Crippen molar-refractivity contribution in [2.75, 3.05) is 23.1 Å². The number of anilines is 1. The number of aryl methyl sites for hydroxylation is 2. The molecular weight excluding hydrogens is 476 g/mol. The maximum Gasteiger partial charge on any atom is 0.264 e. The number of hydrogen-bond acceptors (Lipinski definition) is 4. The van der Waals surface area contributed by atoms with E-state index in [-0.39, 0.29) is 17.3 Å². The van der Waals surface area contributed by atoms with Crippen molar-refractivity contribution < 1.29 is 13.2 Å². The number of hydrogen-bond donors (Lipinski definition) is 1. The summed E-state index contributed by atoms with van der Waals surface area (Å²) in [5, 5.41) is 3.54. The molecule has 0 heterocycles. The molecule has 8 heteroatoms. The van der Waals surface area contributed by atoms with E-state index in [0.717, 1.165) is 32.5 Å². The first-order valence-corrected chi connectivity index (χ1v) is 13.4. The topological polar surface area (TPSA) is 66.5 Å². The van der Waals surface area contributed by atoms with Crippen molar-refractivity contribution in [3.05, 3.63) is 88.9 Å². The van der Waals surface area contributed by atoms with Gasteiger partial charge in [0.2, 0.25) is 5.91 Å². The molecule has 0 atom stereocenters. The fraction of sp³-hybridized carbons (Fsp3) is 0.240. The van der Waals surface area contributed by atoms with Gasteiger partial charge < -0.3 is 5.32 Å². The Bertz CT molecular complexity index is 1160. The first-order valence-electron chi connectivity index (χ1n) is 10.6. The number of nitrogens with one attached hydrogen (secondary N) is 1.